The lowest BCUT2D eigenvalue weighted by atomic mass is 9.81. The van der Waals surface area contributed by atoms with Gasteiger partial charge >= 0.3 is 5.97 Å². The highest BCUT2D eigenvalue weighted by molar-refractivity contribution is 6.32. The number of carbonyl (C=O) groups is 2. The fraction of sp³-hybridized carbons (Fsp3) is 0.591. The molecule has 0 heterocycles. The normalized spacial score (nSPS) is 15.2. The van der Waals surface area contributed by atoms with Crippen LogP contribution in [0.1, 0.15) is 56.3 Å². The van der Waals surface area contributed by atoms with Crippen LogP contribution in [0.3, 0.4) is 0 Å². The Kier molecular flexibility index (Phi) is 8.36. The minimum atomic E-state index is -0.830. The summed E-state index contributed by atoms with van der Waals surface area (Å²) in [6.45, 7) is 4.00. The Hall–Kier alpha value is -2.46. The number of nitrogens with zero attached hydrogens (tertiary/aromatic N) is 2. The van der Waals surface area contributed by atoms with Gasteiger partial charge < -0.3 is 19.1 Å². The van der Waals surface area contributed by atoms with Gasteiger partial charge in [0.2, 0.25) is 0 Å². The number of carbonyl (C=O) groups excluding carboxylic acids is 2. The summed E-state index contributed by atoms with van der Waals surface area (Å²) in [5.74, 6) is -0.166. The third-order valence-electron chi connectivity index (χ3n) is 5.26. The Balaban J connectivity index is 2.06. The van der Waals surface area contributed by atoms with Crippen molar-refractivity contribution >= 4 is 23.5 Å². The van der Waals surface area contributed by atoms with E-state index in [0.717, 1.165) is 19.3 Å². The summed E-state index contributed by atoms with van der Waals surface area (Å²) in [5, 5.41) is 9.83. The first-order chi connectivity index (χ1) is 14.2. The van der Waals surface area contributed by atoms with Gasteiger partial charge in [0, 0.05) is 7.05 Å². The largest absolute Gasteiger partial charge is 0.493 e. The van der Waals surface area contributed by atoms with E-state index in [2.05, 4.69) is 6.07 Å². The first-order valence-corrected chi connectivity index (χ1v) is 10.5. The maximum absolute atomic E-state index is 12.6. The van der Waals surface area contributed by atoms with E-state index in [9.17, 15) is 14.9 Å². The van der Waals surface area contributed by atoms with Gasteiger partial charge in [-0.2, -0.15) is 5.26 Å². The molecule has 0 spiro atoms. The summed E-state index contributed by atoms with van der Waals surface area (Å²) >= 11 is 6.27. The standard InChI is InChI=1S/C22H29ClN2O5/c1-15(2)12-29-20-17(23)10-16(11-18(20)28-4)21(27)30-13-19(26)25(3)22(14-24)8-6-5-7-9-22/h10-11,15H,5-9,12-13H2,1-4H3. The molecule has 2 rings (SSSR count). The number of halogens is 1. The fourth-order valence-electron chi connectivity index (χ4n) is 3.43. The molecule has 1 saturated carbocycles. The van der Waals surface area contributed by atoms with Crippen LogP contribution in [0.5, 0.6) is 11.5 Å². The number of benzene rings is 1. The number of amides is 1. The van der Waals surface area contributed by atoms with Crippen LogP contribution in [0.4, 0.5) is 0 Å². The van der Waals surface area contributed by atoms with E-state index in [1.165, 1.54) is 24.1 Å². The first kappa shape index (κ1) is 23.8. The molecule has 0 unspecified atom stereocenters. The Morgan fingerprint density at radius 1 is 1.27 bits per heavy atom. The number of esters is 1. The van der Waals surface area contributed by atoms with Crippen molar-refractivity contribution in [3.8, 4) is 17.6 Å². The second kappa shape index (κ2) is 10.5. The lowest BCUT2D eigenvalue weighted by Gasteiger charge is -2.38. The molecule has 7 nitrogen and oxygen atoms in total. The number of ether oxygens (including phenoxy) is 3. The van der Waals surface area contributed by atoms with Crippen LogP contribution in [0.2, 0.25) is 5.02 Å². The molecule has 164 valence electrons. The van der Waals surface area contributed by atoms with Crippen LogP contribution < -0.4 is 9.47 Å². The third kappa shape index (κ3) is 5.57. The first-order valence-electron chi connectivity index (χ1n) is 10.1. The van der Waals surface area contributed by atoms with Gasteiger partial charge in [0.1, 0.15) is 5.54 Å². The molecule has 1 aromatic carbocycles. The molecule has 1 fully saturated rings. The number of rotatable bonds is 8. The van der Waals surface area contributed by atoms with E-state index in [1.54, 1.807) is 7.05 Å². The molecule has 30 heavy (non-hydrogen) atoms. The van der Waals surface area contributed by atoms with Crippen molar-refractivity contribution in [3.05, 3.63) is 22.7 Å². The molecule has 0 aliphatic heterocycles. The van der Waals surface area contributed by atoms with E-state index >= 15 is 0 Å². The zero-order chi connectivity index (χ0) is 22.3. The van der Waals surface area contributed by atoms with Crippen molar-refractivity contribution in [1.29, 1.82) is 5.26 Å². The van der Waals surface area contributed by atoms with Crippen LogP contribution in [0, 0.1) is 17.2 Å². The summed E-state index contributed by atoms with van der Waals surface area (Å²) < 4.78 is 16.2. The van der Waals surface area contributed by atoms with Crippen molar-refractivity contribution in [2.24, 2.45) is 5.92 Å². The molecule has 0 saturated heterocycles. The highest BCUT2D eigenvalue weighted by Gasteiger charge is 2.39. The Labute approximate surface area is 182 Å². The predicted octanol–water partition coefficient (Wildman–Crippen LogP) is 4.23. The summed E-state index contributed by atoms with van der Waals surface area (Å²) in [4.78, 5) is 26.5. The maximum Gasteiger partial charge on any atom is 0.338 e. The van der Waals surface area contributed by atoms with Gasteiger partial charge in [0.15, 0.2) is 18.1 Å². The minimum Gasteiger partial charge on any atom is -0.493 e. The van der Waals surface area contributed by atoms with E-state index in [4.69, 9.17) is 25.8 Å². The number of likely N-dealkylation sites (N-methyl/N-ethyl adjacent to an activating group) is 1. The van der Waals surface area contributed by atoms with Crippen LogP contribution in [-0.2, 0) is 9.53 Å². The summed E-state index contributed by atoms with van der Waals surface area (Å²) in [5.41, 5.74) is -0.680. The average molecular weight is 437 g/mol. The monoisotopic (exact) mass is 436 g/mol. The molecule has 1 aromatic rings. The van der Waals surface area contributed by atoms with Gasteiger partial charge in [-0.05, 0) is 30.9 Å². The van der Waals surface area contributed by atoms with Gasteiger partial charge in [-0.15, -0.1) is 0 Å². The molecule has 0 N–H and O–H groups in total. The summed E-state index contributed by atoms with van der Waals surface area (Å²) in [7, 11) is 3.04. The van der Waals surface area contributed by atoms with E-state index in [0.29, 0.717) is 36.9 Å². The maximum atomic E-state index is 12.6. The molecular weight excluding hydrogens is 408 g/mol. The Morgan fingerprint density at radius 3 is 2.50 bits per heavy atom. The van der Waals surface area contributed by atoms with Crippen molar-refractivity contribution in [2.75, 3.05) is 27.4 Å². The topological polar surface area (TPSA) is 88.9 Å². The van der Waals surface area contributed by atoms with Gasteiger partial charge in [-0.25, -0.2) is 4.79 Å². The number of nitriles is 1. The van der Waals surface area contributed by atoms with Crippen molar-refractivity contribution in [2.45, 2.75) is 51.5 Å². The lowest BCUT2D eigenvalue weighted by Crippen LogP contribution is -2.51. The smallest absolute Gasteiger partial charge is 0.338 e. The number of hydrogen-bond acceptors (Lipinski definition) is 6. The Bertz CT molecular complexity index is 812. The summed E-state index contributed by atoms with van der Waals surface area (Å²) in [6.07, 6.45) is 4.11. The van der Waals surface area contributed by atoms with E-state index in [1.807, 2.05) is 13.8 Å². The molecule has 8 heteroatoms. The average Bonchev–Trinajstić information content (AvgIpc) is 2.75. The highest BCUT2D eigenvalue weighted by atomic mass is 35.5. The second-order valence-electron chi connectivity index (χ2n) is 7.93. The van der Waals surface area contributed by atoms with Crippen LogP contribution in [-0.4, -0.2) is 49.7 Å². The molecule has 0 radical (unpaired) electrons. The quantitative estimate of drug-likeness (QED) is 0.566. The molecule has 0 aromatic heterocycles. The van der Waals surface area contributed by atoms with Crippen molar-refractivity contribution in [3.63, 3.8) is 0 Å². The molecule has 1 amide bonds. The van der Waals surface area contributed by atoms with Crippen LogP contribution in [0.25, 0.3) is 0 Å². The molecule has 0 atom stereocenters. The van der Waals surface area contributed by atoms with Crippen molar-refractivity contribution in [1.82, 2.24) is 4.90 Å². The zero-order valence-electron chi connectivity index (χ0n) is 18.0. The second-order valence-corrected chi connectivity index (χ2v) is 8.33. The van der Waals surface area contributed by atoms with Gasteiger partial charge in [0.25, 0.3) is 5.91 Å². The zero-order valence-corrected chi connectivity index (χ0v) is 18.8. The third-order valence-corrected chi connectivity index (χ3v) is 5.54. The van der Waals surface area contributed by atoms with Gasteiger partial charge in [-0.3, -0.25) is 4.79 Å². The minimum absolute atomic E-state index is 0.150. The van der Waals surface area contributed by atoms with Gasteiger partial charge in [-0.1, -0.05) is 44.7 Å². The lowest BCUT2D eigenvalue weighted by molar-refractivity contribution is -0.138. The SMILES string of the molecule is COc1cc(C(=O)OCC(=O)N(C)C2(C#N)CCCCC2)cc(Cl)c1OCC(C)C. The van der Waals surface area contributed by atoms with Crippen LogP contribution in [0.15, 0.2) is 12.1 Å². The van der Waals surface area contributed by atoms with Gasteiger partial charge in [0.05, 0.1) is 30.4 Å². The molecular formula is C22H29ClN2O5. The molecule has 1 aliphatic rings. The summed E-state index contributed by atoms with van der Waals surface area (Å²) in [6, 6.07) is 5.18. The van der Waals surface area contributed by atoms with E-state index < -0.39 is 24.0 Å². The molecule has 0 bridgehead atoms. The highest BCUT2D eigenvalue weighted by Crippen LogP contribution is 2.37. The Morgan fingerprint density at radius 2 is 1.93 bits per heavy atom. The number of methoxy groups -OCH3 is 1. The molecule has 1 aliphatic carbocycles. The van der Waals surface area contributed by atoms with Crippen molar-refractivity contribution < 1.29 is 23.8 Å². The fourth-order valence-corrected chi connectivity index (χ4v) is 3.70. The van der Waals surface area contributed by atoms with Crippen LogP contribution >= 0.6 is 11.6 Å². The number of hydrogen-bond donors (Lipinski definition) is 0. The van der Waals surface area contributed by atoms with E-state index in [-0.39, 0.29) is 10.6 Å². The predicted molar refractivity (Wildman–Crippen MR) is 113 cm³/mol.